The second kappa shape index (κ2) is 48.1. The Hall–Kier alpha value is -1.51. The summed E-state index contributed by atoms with van der Waals surface area (Å²) in [5.41, 5.74) is 0. The fourth-order valence-electron chi connectivity index (χ4n) is 8.41. The summed E-state index contributed by atoms with van der Waals surface area (Å²) in [6.07, 6.45) is 54.5. The molecule has 0 saturated heterocycles. The highest BCUT2D eigenvalue weighted by Crippen LogP contribution is 2.43. The zero-order valence-corrected chi connectivity index (χ0v) is 46.1. The van der Waals surface area contributed by atoms with Crippen molar-refractivity contribution in [2.24, 2.45) is 0 Å². The van der Waals surface area contributed by atoms with Gasteiger partial charge in [-0.2, -0.15) is 0 Å². The molecule has 396 valence electrons. The molecule has 2 N–H and O–H groups in total. The number of likely N-dealkylation sites (N-methyl/N-ethyl adjacent to an activating group) is 1. The highest BCUT2D eigenvalue weighted by molar-refractivity contribution is 7.47. The number of allylic oxidation sites excluding steroid dienone is 3. The second-order valence-corrected chi connectivity index (χ2v) is 22.3. The number of rotatable bonds is 52. The topological polar surface area (TPSA) is 111 Å². The van der Waals surface area contributed by atoms with E-state index in [0.717, 1.165) is 77.0 Å². The number of hydrogen-bond acceptors (Lipinski definition) is 6. The molecule has 3 atom stereocenters. The molecule has 0 fully saturated rings. The zero-order chi connectivity index (χ0) is 49.4. The Bertz CT molecular complexity index is 1210. The highest BCUT2D eigenvalue weighted by Gasteiger charge is 2.30. The lowest BCUT2D eigenvalue weighted by atomic mass is 10.0. The van der Waals surface area contributed by atoms with Crippen LogP contribution in [0.4, 0.5) is 0 Å². The summed E-state index contributed by atoms with van der Waals surface area (Å²) in [6.45, 7) is 7.02. The number of phosphoric acid groups is 1. The van der Waals surface area contributed by atoms with Crippen molar-refractivity contribution in [3.05, 3.63) is 24.3 Å². The van der Waals surface area contributed by atoms with Gasteiger partial charge in [0.2, 0.25) is 5.91 Å². The second-order valence-electron chi connectivity index (χ2n) is 20.8. The molecule has 0 radical (unpaired) electrons. The third-order valence-electron chi connectivity index (χ3n) is 12.9. The summed E-state index contributed by atoms with van der Waals surface area (Å²) in [7, 11) is 1.50. The van der Waals surface area contributed by atoms with Gasteiger partial charge in [-0.05, 0) is 57.4 Å². The fourth-order valence-corrected chi connectivity index (χ4v) is 9.14. The quantitative estimate of drug-likeness (QED) is 0.0205. The molecule has 0 rings (SSSR count). The number of amides is 1. The maximum atomic E-state index is 13.5. The van der Waals surface area contributed by atoms with Crippen LogP contribution >= 0.6 is 7.82 Å². The highest BCUT2D eigenvalue weighted by atomic mass is 31.2. The number of ether oxygens (including phenoxy) is 1. The summed E-state index contributed by atoms with van der Waals surface area (Å²) < 4.78 is 30.6. The molecule has 3 unspecified atom stereocenters. The maximum Gasteiger partial charge on any atom is 0.472 e. The first-order valence-corrected chi connectivity index (χ1v) is 30.2. The molecular weight excluding hydrogens is 856 g/mol. The van der Waals surface area contributed by atoms with E-state index in [0.29, 0.717) is 23.9 Å². The van der Waals surface area contributed by atoms with E-state index in [9.17, 15) is 19.0 Å². The molecule has 0 aliphatic heterocycles. The van der Waals surface area contributed by atoms with Gasteiger partial charge in [-0.1, -0.05) is 232 Å². The minimum atomic E-state index is -4.44. The SMILES string of the molecule is CCCCCCCCC/C=C/CCCCCCCC(=O)NC(COP(=O)(O)OCC[N+](C)(C)C)C(/C=C/CCCCCCCCCCCC)OC(=O)CCCCCCCCCCCCCCC. The zero-order valence-electron chi connectivity index (χ0n) is 45.2. The first kappa shape index (κ1) is 65.5. The lowest BCUT2D eigenvalue weighted by Gasteiger charge is -2.27. The van der Waals surface area contributed by atoms with Crippen LogP contribution in [0.3, 0.4) is 0 Å². The van der Waals surface area contributed by atoms with Crippen molar-refractivity contribution in [1.82, 2.24) is 5.32 Å². The molecule has 0 heterocycles. The molecule has 1 amide bonds. The molecule has 10 heteroatoms. The average molecular weight is 969 g/mol. The molecule has 0 aromatic carbocycles. The monoisotopic (exact) mass is 968 g/mol. The minimum absolute atomic E-state index is 0.0418. The van der Waals surface area contributed by atoms with Gasteiger partial charge in [0, 0.05) is 12.8 Å². The Morgan fingerprint density at radius 3 is 1.27 bits per heavy atom. The third kappa shape index (κ3) is 49.3. The Labute approximate surface area is 415 Å². The molecule has 0 aliphatic rings. The van der Waals surface area contributed by atoms with Gasteiger partial charge in [-0.3, -0.25) is 18.6 Å². The summed E-state index contributed by atoms with van der Waals surface area (Å²) in [4.78, 5) is 37.5. The van der Waals surface area contributed by atoms with E-state index < -0.39 is 20.0 Å². The van der Waals surface area contributed by atoms with Gasteiger partial charge >= 0.3 is 13.8 Å². The molecule has 0 aromatic rings. The standard InChI is InChI=1S/C57H111N2O7P/c1-7-10-13-16-19-22-25-28-29-30-32-34-37-40-43-46-49-56(60)58-54(53-65-67(62,63)64-52-51-59(4,5)6)55(48-45-42-39-36-33-27-24-21-18-15-12-9-3)66-57(61)50-47-44-41-38-35-31-26-23-20-17-14-11-8-2/h29-30,45,48,54-55H,7-28,31-44,46-47,49-53H2,1-6H3,(H-,58,60,62,63)/p+1/b30-29+,48-45+. The van der Waals surface area contributed by atoms with Crippen LogP contribution in [0.15, 0.2) is 24.3 Å². The number of hydrogen-bond donors (Lipinski definition) is 2. The van der Waals surface area contributed by atoms with E-state index in [1.807, 2.05) is 33.3 Å². The van der Waals surface area contributed by atoms with Gasteiger partial charge in [-0.15, -0.1) is 0 Å². The van der Waals surface area contributed by atoms with Crippen molar-refractivity contribution < 1.29 is 37.3 Å². The van der Waals surface area contributed by atoms with Crippen LogP contribution in [-0.2, 0) is 27.9 Å². The van der Waals surface area contributed by atoms with Crippen LogP contribution in [0.5, 0.6) is 0 Å². The molecule has 67 heavy (non-hydrogen) atoms. The Kier molecular flexibility index (Phi) is 47.0. The Morgan fingerprint density at radius 1 is 0.507 bits per heavy atom. The lowest BCUT2D eigenvalue weighted by molar-refractivity contribution is -0.870. The van der Waals surface area contributed by atoms with Crippen molar-refractivity contribution in [3.8, 4) is 0 Å². The van der Waals surface area contributed by atoms with Crippen LogP contribution in [0, 0.1) is 0 Å². The van der Waals surface area contributed by atoms with Gasteiger partial charge in [0.25, 0.3) is 0 Å². The third-order valence-corrected chi connectivity index (χ3v) is 13.9. The molecule has 0 aliphatic carbocycles. The van der Waals surface area contributed by atoms with Crippen LogP contribution < -0.4 is 5.32 Å². The van der Waals surface area contributed by atoms with Gasteiger partial charge in [-0.25, -0.2) is 4.57 Å². The van der Waals surface area contributed by atoms with Gasteiger partial charge < -0.3 is 19.4 Å². The van der Waals surface area contributed by atoms with Crippen LogP contribution in [0.25, 0.3) is 0 Å². The van der Waals surface area contributed by atoms with E-state index in [1.165, 1.54) is 167 Å². The molecule has 0 spiro atoms. The van der Waals surface area contributed by atoms with E-state index in [-0.39, 0.29) is 25.1 Å². The van der Waals surface area contributed by atoms with Crippen molar-refractivity contribution in [2.45, 2.75) is 290 Å². The number of carbonyl (C=O) groups excluding carboxylic acids is 2. The van der Waals surface area contributed by atoms with Gasteiger partial charge in [0.05, 0.1) is 33.8 Å². The number of unbranched alkanes of at least 4 members (excludes halogenated alkanes) is 34. The minimum Gasteiger partial charge on any atom is -0.456 e. The summed E-state index contributed by atoms with van der Waals surface area (Å²) in [5.74, 6) is -0.504. The normalized spacial score (nSPS) is 14.0. The predicted molar refractivity (Wildman–Crippen MR) is 286 cm³/mol. The van der Waals surface area contributed by atoms with E-state index in [4.69, 9.17) is 13.8 Å². The Morgan fingerprint density at radius 2 is 0.866 bits per heavy atom. The lowest BCUT2D eigenvalue weighted by Crippen LogP contribution is -2.47. The van der Waals surface area contributed by atoms with Crippen molar-refractivity contribution in [3.63, 3.8) is 0 Å². The number of esters is 1. The van der Waals surface area contributed by atoms with Crippen molar-refractivity contribution in [1.29, 1.82) is 0 Å². The van der Waals surface area contributed by atoms with Gasteiger partial charge in [0.1, 0.15) is 19.3 Å². The molecule has 0 saturated carbocycles. The summed E-state index contributed by atoms with van der Waals surface area (Å²) >= 11 is 0. The van der Waals surface area contributed by atoms with Crippen LogP contribution in [-0.4, -0.2) is 74.3 Å². The van der Waals surface area contributed by atoms with E-state index in [2.05, 4.69) is 38.2 Å². The number of carbonyl (C=O) groups is 2. The molecule has 0 bridgehead atoms. The van der Waals surface area contributed by atoms with Gasteiger partial charge in [0.15, 0.2) is 0 Å². The maximum absolute atomic E-state index is 13.5. The summed E-state index contributed by atoms with van der Waals surface area (Å²) in [5, 5.41) is 3.05. The average Bonchev–Trinajstić information content (AvgIpc) is 3.28. The number of quaternary nitrogens is 1. The predicted octanol–water partition coefficient (Wildman–Crippen LogP) is 17.0. The van der Waals surface area contributed by atoms with Crippen LogP contribution in [0.2, 0.25) is 0 Å². The molecule has 9 nitrogen and oxygen atoms in total. The first-order valence-electron chi connectivity index (χ1n) is 28.7. The first-order chi connectivity index (χ1) is 32.4. The number of nitrogens with zero attached hydrogens (tertiary/aromatic N) is 1. The molecular formula is C57H112N2O7P+. The van der Waals surface area contributed by atoms with Crippen molar-refractivity contribution in [2.75, 3.05) is 40.9 Å². The number of nitrogens with one attached hydrogen (secondary N) is 1. The van der Waals surface area contributed by atoms with Crippen LogP contribution in [0.1, 0.15) is 278 Å². The largest absolute Gasteiger partial charge is 0.472 e. The molecule has 0 aromatic heterocycles. The smallest absolute Gasteiger partial charge is 0.456 e. The summed E-state index contributed by atoms with van der Waals surface area (Å²) in [6, 6.07) is -0.845. The number of phosphoric ester groups is 1. The van der Waals surface area contributed by atoms with E-state index >= 15 is 0 Å². The van der Waals surface area contributed by atoms with E-state index in [1.54, 1.807) is 0 Å². The van der Waals surface area contributed by atoms with Crippen molar-refractivity contribution >= 4 is 19.7 Å². The Balaban J connectivity index is 5.34. The fraction of sp³-hybridized carbons (Fsp3) is 0.895.